The van der Waals surface area contributed by atoms with Crippen molar-refractivity contribution in [2.24, 2.45) is 0 Å². The van der Waals surface area contributed by atoms with Crippen LogP contribution in [0.2, 0.25) is 5.02 Å². The van der Waals surface area contributed by atoms with Crippen molar-refractivity contribution < 1.29 is 14.5 Å². The highest BCUT2D eigenvalue weighted by molar-refractivity contribution is 6.31. The number of halogens is 1. The van der Waals surface area contributed by atoms with Gasteiger partial charge in [-0.15, -0.1) is 0 Å². The van der Waals surface area contributed by atoms with E-state index in [1.165, 1.54) is 13.0 Å². The molecule has 1 aromatic carbocycles. The van der Waals surface area contributed by atoms with E-state index >= 15 is 0 Å². The van der Waals surface area contributed by atoms with Crippen LogP contribution >= 0.6 is 11.6 Å². The Balaban J connectivity index is 3.61. The lowest BCUT2D eigenvalue weighted by Gasteiger charge is -2.02. The van der Waals surface area contributed by atoms with E-state index in [9.17, 15) is 19.7 Å². The van der Waals surface area contributed by atoms with Crippen molar-refractivity contribution in [2.75, 3.05) is 0 Å². The Morgan fingerprint density at radius 2 is 2.13 bits per heavy atom. The summed E-state index contributed by atoms with van der Waals surface area (Å²) in [5.41, 5.74) is -0.853. The van der Waals surface area contributed by atoms with Crippen molar-refractivity contribution in [1.29, 1.82) is 0 Å². The molecule has 0 fully saturated rings. The first-order valence-electron chi connectivity index (χ1n) is 3.91. The summed E-state index contributed by atoms with van der Waals surface area (Å²) in [6.07, 6.45) is 0.302. The monoisotopic (exact) mass is 227 g/mol. The van der Waals surface area contributed by atoms with Crippen molar-refractivity contribution >= 4 is 29.4 Å². The predicted octanol–water partition coefficient (Wildman–Crippen LogP) is 2.26. The van der Waals surface area contributed by atoms with Gasteiger partial charge in [-0.05, 0) is 19.1 Å². The van der Waals surface area contributed by atoms with E-state index in [1.54, 1.807) is 0 Å². The molecule has 0 unspecified atom stereocenters. The van der Waals surface area contributed by atoms with Crippen LogP contribution in [-0.2, 0) is 0 Å². The molecule has 0 saturated heterocycles. The highest BCUT2D eigenvalue weighted by atomic mass is 35.5. The van der Waals surface area contributed by atoms with Crippen LogP contribution in [0.1, 0.15) is 27.6 Å². The normalized spacial score (nSPS) is 9.73. The molecule has 6 heteroatoms. The number of nitro benzene ring substituents is 1. The molecule has 5 nitrogen and oxygen atoms in total. The van der Waals surface area contributed by atoms with E-state index in [2.05, 4.69) is 0 Å². The number of benzene rings is 1. The fourth-order valence-electron chi connectivity index (χ4n) is 1.18. The Hall–Kier alpha value is -1.75. The van der Waals surface area contributed by atoms with Crippen molar-refractivity contribution in [1.82, 2.24) is 0 Å². The van der Waals surface area contributed by atoms with Crippen LogP contribution in [0.5, 0.6) is 0 Å². The van der Waals surface area contributed by atoms with Crippen LogP contribution in [0.4, 0.5) is 5.69 Å². The fourth-order valence-corrected chi connectivity index (χ4v) is 1.41. The molecule has 0 N–H and O–H groups in total. The molecule has 0 bridgehead atoms. The molecular formula is C9H6ClNO4. The first kappa shape index (κ1) is 11.3. The van der Waals surface area contributed by atoms with Gasteiger partial charge in [-0.3, -0.25) is 19.7 Å². The summed E-state index contributed by atoms with van der Waals surface area (Å²) in [4.78, 5) is 31.6. The lowest BCUT2D eigenvalue weighted by molar-refractivity contribution is -0.385. The van der Waals surface area contributed by atoms with Crippen LogP contribution in [0, 0.1) is 10.1 Å². The Morgan fingerprint density at radius 1 is 1.53 bits per heavy atom. The number of nitro groups is 1. The fraction of sp³-hybridized carbons (Fsp3) is 0.111. The number of ketones is 1. The maximum atomic E-state index is 11.1. The van der Waals surface area contributed by atoms with E-state index in [0.717, 1.165) is 6.07 Å². The summed E-state index contributed by atoms with van der Waals surface area (Å²) in [5.74, 6) is -0.507. The molecule has 0 heterocycles. The molecule has 0 aliphatic heterocycles. The van der Waals surface area contributed by atoms with Crippen molar-refractivity contribution in [3.05, 3.63) is 38.4 Å². The van der Waals surface area contributed by atoms with Gasteiger partial charge >= 0.3 is 0 Å². The van der Waals surface area contributed by atoms with E-state index in [1.807, 2.05) is 0 Å². The number of carbonyl (C=O) groups is 2. The average molecular weight is 228 g/mol. The summed E-state index contributed by atoms with van der Waals surface area (Å²) >= 11 is 5.62. The largest absolute Gasteiger partial charge is 0.298 e. The van der Waals surface area contributed by atoms with E-state index < -0.39 is 16.4 Å². The van der Waals surface area contributed by atoms with Crippen molar-refractivity contribution in [2.45, 2.75) is 6.92 Å². The van der Waals surface area contributed by atoms with Gasteiger partial charge in [0.1, 0.15) is 0 Å². The van der Waals surface area contributed by atoms with Crippen LogP contribution in [-0.4, -0.2) is 17.0 Å². The molecule has 0 spiro atoms. The van der Waals surface area contributed by atoms with Gasteiger partial charge in [0.2, 0.25) is 0 Å². The number of hydrogen-bond acceptors (Lipinski definition) is 4. The van der Waals surface area contributed by atoms with Crippen LogP contribution in [0.3, 0.4) is 0 Å². The zero-order valence-corrected chi connectivity index (χ0v) is 8.45. The first-order chi connectivity index (χ1) is 6.97. The Kier molecular flexibility index (Phi) is 3.16. The maximum Gasteiger partial charge on any atom is 0.290 e. The molecule has 15 heavy (non-hydrogen) atoms. The van der Waals surface area contributed by atoms with Crippen LogP contribution in [0.15, 0.2) is 12.1 Å². The lowest BCUT2D eigenvalue weighted by Crippen LogP contribution is -2.03. The molecule has 0 atom stereocenters. The molecule has 0 saturated carbocycles. The van der Waals surface area contributed by atoms with E-state index in [-0.39, 0.29) is 16.1 Å². The van der Waals surface area contributed by atoms with Gasteiger partial charge in [-0.1, -0.05) is 11.6 Å². The Labute approximate surface area is 89.8 Å². The van der Waals surface area contributed by atoms with Crippen molar-refractivity contribution in [3.63, 3.8) is 0 Å². The quantitative estimate of drug-likeness (QED) is 0.343. The third kappa shape index (κ3) is 2.19. The van der Waals surface area contributed by atoms with Crippen LogP contribution in [0.25, 0.3) is 0 Å². The molecule has 0 aromatic heterocycles. The Morgan fingerprint density at radius 3 is 2.53 bits per heavy atom. The minimum atomic E-state index is -0.767. The van der Waals surface area contributed by atoms with E-state index in [4.69, 9.17) is 11.6 Å². The number of Topliss-reactive ketones (excluding diaryl/α,β-unsaturated/α-hetero) is 1. The van der Waals surface area contributed by atoms with Gasteiger partial charge in [0.15, 0.2) is 12.1 Å². The van der Waals surface area contributed by atoms with Gasteiger partial charge in [-0.25, -0.2) is 0 Å². The minimum Gasteiger partial charge on any atom is -0.298 e. The molecule has 1 rings (SSSR count). The molecule has 0 aliphatic rings. The molecule has 0 radical (unpaired) electrons. The van der Waals surface area contributed by atoms with Crippen molar-refractivity contribution in [3.8, 4) is 0 Å². The number of hydrogen-bond donors (Lipinski definition) is 0. The molecule has 1 aromatic rings. The first-order valence-corrected chi connectivity index (χ1v) is 4.29. The summed E-state index contributed by atoms with van der Waals surface area (Å²) in [6.45, 7) is 1.17. The van der Waals surface area contributed by atoms with E-state index in [0.29, 0.717) is 6.29 Å². The third-order valence-electron chi connectivity index (χ3n) is 1.79. The summed E-state index contributed by atoms with van der Waals surface area (Å²) in [7, 11) is 0. The highest BCUT2D eigenvalue weighted by Gasteiger charge is 2.23. The maximum absolute atomic E-state index is 11.1. The highest BCUT2D eigenvalue weighted by Crippen LogP contribution is 2.27. The topological polar surface area (TPSA) is 77.3 Å². The van der Waals surface area contributed by atoms with Gasteiger partial charge in [0.05, 0.1) is 16.1 Å². The minimum absolute atomic E-state index is 0.118. The smallest absolute Gasteiger partial charge is 0.290 e. The molecule has 0 aliphatic carbocycles. The average Bonchev–Trinajstić information content (AvgIpc) is 2.15. The zero-order valence-electron chi connectivity index (χ0n) is 7.69. The van der Waals surface area contributed by atoms with Gasteiger partial charge < -0.3 is 0 Å². The predicted molar refractivity (Wildman–Crippen MR) is 53.5 cm³/mol. The third-order valence-corrected chi connectivity index (χ3v) is 2.01. The van der Waals surface area contributed by atoms with Gasteiger partial charge in [0.25, 0.3) is 5.69 Å². The zero-order chi connectivity index (χ0) is 11.6. The molecule has 0 amide bonds. The number of carbonyl (C=O) groups excluding carboxylic acids is 2. The Bertz CT molecular complexity index is 456. The van der Waals surface area contributed by atoms with Crippen LogP contribution < -0.4 is 0 Å². The summed E-state index contributed by atoms with van der Waals surface area (Å²) in [6, 6.07) is 2.33. The molecular weight excluding hydrogens is 222 g/mol. The standard InChI is InChI=1S/C9H6ClNO4/c1-5(13)8-3-7(10)2-6(4-12)9(8)11(14)15/h2-4H,1H3. The second-order valence-electron chi connectivity index (χ2n) is 2.82. The lowest BCUT2D eigenvalue weighted by atomic mass is 10.1. The number of nitrogens with zero attached hydrogens (tertiary/aromatic N) is 1. The van der Waals surface area contributed by atoms with Gasteiger partial charge in [0, 0.05) is 5.02 Å². The molecule has 78 valence electrons. The second kappa shape index (κ2) is 4.18. The van der Waals surface area contributed by atoms with Gasteiger partial charge in [-0.2, -0.15) is 0 Å². The summed E-state index contributed by atoms with van der Waals surface area (Å²) < 4.78 is 0. The number of aldehydes is 1. The number of rotatable bonds is 3. The SMILES string of the molecule is CC(=O)c1cc(Cl)cc(C=O)c1[N+](=O)[O-]. The summed E-state index contributed by atoms with van der Waals surface area (Å²) in [5, 5.41) is 10.8. The second-order valence-corrected chi connectivity index (χ2v) is 3.26.